The minimum absolute atomic E-state index is 0.0664. The molecule has 3 saturated heterocycles. The highest BCUT2D eigenvalue weighted by molar-refractivity contribution is 5.99. The second kappa shape index (κ2) is 7.06. The average Bonchev–Trinajstić information content (AvgIpc) is 3.43. The fourth-order valence-corrected chi connectivity index (χ4v) is 5.10. The van der Waals surface area contributed by atoms with Crippen LogP contribution in [-0.2, 0) is 4.79 Å². The third-order valence-corrected chi connectivity index (χ3v) is 6.44. The fourth-order valence-electron chi connectivity index (χ4n) is 5.10. The van der Waals surface area contributed by atoms with Gasteiger partial charge in [0.1, 0.15) is 0 Å². The average molecular weight is 375 g/mol. The van der Waals surface area contributed by atoms with E-state index in [9.17, 15) is 9.59 Å². The zero-order chi connectivity index (χ0) is 19.1. The van der Waals surface area contributed by atoms with E-state index >= 15 is 0 Å². The van der Waals surface area contributed by atoms with Crippen molar-refractivity contribution in [2.45, 2.75) is 18.9 Å². The summed E-state index contributed by atoms with van der Waals surface area (Å²) in [5.41, 5.74) is 2.72. The third-order valence-electron chi connectivity index (χ3n) is 6.44. The maximum Gasteiger partial charge on any atom is 0.254 e. The number of nitrogens with zero attached hydrogens (tertiary/aromatic N) is 2. The van der Waals surface area contributed by atoms with Gasteiger partial charge in [0.05, 0.1) is 6.04 Å². The monoisotopic (exact) mass is 375 g/mol. The van der Waals surface area contributed by atoms with Crippen LogP contribution in [0, 0.1) is 11.8 Å². The van der Waals surface area contributed by atoms with Crippen LogP contribution in [0.15, 0.2) is 54.6 Å². The molecule has 3 fully saturated rings. The van der Waals surface area contributed by atoms with Crippen molar-refractivity contribution in [3.63, 3.8) is 0 Å². The van der Waals surface area contributed by atoms with Crippen molar-refractivity contribution >= 4 is 17.5 Å². The van der Waals surface area contributed by atoms with Crippen LogP contribution in [-0.4, -0.2) is 42.9 Å². The molecule has 3 aliphatic rings. The van der Waals surface area contributed by atoms with Crippen LogP contribution in [0.25, 0.3) is 0 Å². The van der Waals surface area contributed by atoms with E-state index in [0.29, 0.717) is 23.8 Å². The highest BCUT2D eigenvalue weighted by atomic mass is 16.2. The van der Waals surface area contributed by atoms with Crippen LogP contribution in [0.5, 0.6) is 0 Å². The normalized spacial score (nSPS) is 26.7. The molecule has 0 radical (unpaired) electrons. The molecular formula is C23H25N3O2. The largest absolute Gasteiger partial charge is 0.331 e. The summed E-state index contributed by atoms with van der Waals surface area (Å²) >= 11 is 0. The van der Waals surface area contributed by atoms with Gasteiger partial charge in [-0.25, -0.2) is 0 Å². The molecule has 3 heterocycles. The summed E-state index contributed by atoms with van der Waals surface area (Å²) < 4.78 is 0. The third kappa shape index (κ3) is 2.90. The van der Waals surface area contributed by atoms with Gasteiger partial charge in [-0.2, -0.15) is 0 Å². The van der Waals surface area contributed by atoms with Gasteiger partial charge in [-0.05, 0) is 36.1 Å². The molecule has 28 heavy (non-hydrogen) atoms. The standard InChI is InChI=1S/C23H25N3O2/c27-21-10-5-11-25(21)19-9-4-8-17(12-19)23(28)26-15-18-13-24-14-20(18)22(26)16-6-2-1-3-7-16/h1-4,6-9,12,18,20,22,24H,5,10-11,13-15H2/t18-,20-,22+/m0/s1. The van der Waals surface area contributed by atoms with Gasteiger partial charge in [-0.15, -0.1) is 0 Å². The minimum atomic E-state index is 0.0664. The van der Waals surface area contributed by atoms with E-state index in [4.69, 9.17) is 0 Å². The highest BCUT2D eigenvalue weighted by Gasteiger charge is 2.46. The Morgan fingerprint density at radius 3 is 2.68 bits per heavy atom. The number of carbonyl (C=O) groups excluding carboxylic acids is 2. The Morgan fingerprint density at radius 1 is 1.04 bits per heavy atom. The molecule has 2 aromatic carbocycles. The van der Waals surface area contributed by atoms with Crippen LogP contribution >= 0.6 is 0 Å². The van der Waals surface area contributed by atoms with Crippen molar-refractivity contribution in [2.24, 2.45) is 11.8 Å². The molecule has 0 aromatic heterocycles. The summed E-state index contributed by atoms with van der Waals surface area (Å²) in [6.07, 6.45) is 1.48. The van der Waals surface area contributed by atoms with E-state index in [-0.39, 0.29) is 17.9 Å². The number of carbonyl (C=O) groups is 2. The maximum absolute atomic E-state index is 13.5. The van der Waals surface area contributed by atoms with Gasteiger partial charge in [-0.3, -0.25) is 9.59 Å². The molecule has 5 rings (SSSR count). The Bertz CT molecular complexity index is 898. The van der Waals surface area contributed by atoms with Crippen LogP contribution < -0.4 is 10.2 Å². The topological polar surface area (TPSA) is 52.7 Å². The van der Waals surface area contributed by atoms with E-state index < -0.39 is 0 Å². The lowest BCUT2D eigenvalue weighted by Crippen LogP contribution is -2.35. The predicted octanol–water partition coefficient (Wildman–Crippen LogP) is 2.85. The molecule has 1 N–H and O–H groups in total. The van der Waals surface area contributed by atoms with E-state index in [1.54, 1.807) is 4.90 Å². The number of hydrogen-bond acceptors (Lipinski definition) is 3. The summed E-state index contributed by atoms with van der Waals surface area (Å²) in [5.74, 6) is 1.16. The first-order valence-corrected chi connectivity index (χ1v) is 10.2. The second-order valence-electron chi connectivity index (χ2n) is 8.09. The van der Waals surface area contributed by atoms with E-state index in [2.05, 4.69) is 22.3 Å². The van der Waals surface area contributed by atoms with E-state index in [1.165, 1.54) is 5.56 Å². The van der Waals surface area contributed by atoms with Crippen LogP contribution in [0.3, 0.4) is 0 Å². The molecule has 0 spiro atoms. The van der Waals surface area contributed by atoms with Crippen molar-refractivity contribution in [3.05, 3.63) is 65.7 Å². The molecule has 144 valence electrons. The number of nitrogens with one attached hydrogen (secondary N) is 1. The molecule has 5 heteroatoms. The van der Waals surface area contributed by atoms with Gasteiger partial charge in [0.25, 0.3) is 5.91 Å². The highest BCUT2D eigenvalue weighted by Crippen LogP contribution is 2.43. The van der Waals surface area contributed by atoms with Crippen molar-refractivity contribution < 1.29 is 9.59 Å². The lowest BCUT2D eigenvalue weighted by atomic mass is 9.89. The molecule has 3 aliphatic heterocycles. The van der Waals surface area contributed by atoms with Crippen molar-refractivity contribution in [2.75, 3.05) is 31.1 Å². The van der Waals surface area contributed by atoms with Gasteiger partial charge in [0.15, 0.2) is 0 Å². The quantitative estimate of drug-likeness (QED) is 0.898. The van der Waals surface area contributed by atoms with Crippen LogP contribution in [0.4, 0.5) is 5.69 Å². The minimum Gasteiger partial charge on any atom is -0.331 e. The van der Waals surface area contributed by atoms with Crippen molar-refractivity contribution in [3.8, 4) is 0 Å². The number of rotatable bonds is 3. The Morgan fingerprint density at radius 2 is 1.89 bits per heavy atom. The second-order valence-corrected chi connectivity index (χ2v) is 8.09. The molecule has 2 aromatic rings. The summed E-state index contributed by atoms with van der Waals surface area (Å²) in [6, 6.07) is 18.1. The Hall–Kier alpha value is -2.66. The zero-order valence-electron chi connectivity index (χ0n) is 15.9. The molecule has 5 nitrogen and oxygen atoms in total. The Kier molecular flexibility index (Phi) is 4.40. The summed E-state index contributed by atoms with van der Waals surface area (Å²) in [6.45, 7) is 3.45. The van der Waals surface area contributed by atoms with Crippen molar-refractivity contribution in [1.82, 2.24) is 10.2 Å². The summed E-state index contributed by atoms with van der Waals surface area (Å²) in [4.78, 5) is 29.5. The smallest absolute Gasteiger partial charge is 0.254 e. The fraction of sp³-hybridized carbons (Fsp3) is 0.391. The van der Waals surface area contributed by atoms with Gasteiger partial charge >= 0.3 is 0 Å². The molecule has 0 bridgehead atoms. The SMILES string of the molecule is O=C1CCCN1c1cccc(C(=O)N2C[C@@H]3CNC[C@@H]3[C@H]2c2ccccc2)c1. The molecule has 3 atom stereocenters. The predicted molar refractivity (Wildman–Crippen MR) is 108 cm³/mol. The number of fused-ring (bicyclic) bond motifs is 1. The molecule has 0 aliphatic carbocycles. The number of amides is 2. The number of hydrogen-bond donors (Lipinski definition) is 1. The lowest BCUT2D eigenvalue weighted by molar-refractivity contribution is -0.117. The van der Waals surface area contributed by atoms with Gasteiger partial charge in [0.2, 0.25) is 5.91 Å². The van der Waals surface area contributed by atoms with E-state index in [1.807, 2.05) is 42.5 Å². The summed E-state index contributed by atoms with van der Waals surface area (Å²) in [5, 5.41) is 3.49. The first-order valence-electron chi connectivity index (χ1n) is 10.2. The zero-order valence-corrected chi connectivity index (χ0v) is 15.9. The van der Waals surface area contributed by atoms with Crippen LogP contribution in [0.1, 0.15) is 34.8 Å². The summed E-state index contributed by atoms with van der Waals surface area (Å²) in [7, 11) is 0. The van der Waals surface area contributed by atoms with Crippen LogP contribution in [0.2, 0.25) is 0 Å². The first-order chi connectivity index (χ1) is 13.7. The molecule has 2 amide bonds. The first kappa shape index (κ1) is 17.4. The van der Waals surface area contributed by atoms with E-state index in [0.717, 1.165) is 38.3 Å². The Balaban J connectivity index is 1.46. The van der Waals surface area contributed by atoms with Gasteiger partial charge in [0, 0.05) is 49.8 Å². The number of anilines is 1. The number of likely N-dealkylation sites (tertiary alicyclic amines) is 1. The Labute approximate surface area is 165 Å². The molecular weight excluding hydrogens is 350 g/mol. The number of benzene rings is 2. The van der Waals surface area contributed by atoms with Crippen molar-refractivity contribution in [1.29, 1.82) is 0 Å². The van der Waals surface area contributed by atoms with Gasteiger partial charge in [-0.1, -0.05) is 36.4 Å². The molecule has 0 unspecified atom stereocenters. The molecule has 0 saturated carbocycles. The van der Waals surface area contributed by atoms with Gasteiger partial charge < -0.3 is 15.1 Å². The maximum atomic E-state index is 13.5. The lowest BCUT2D eigenvalue weighted by Gasteiger charge is -2.29.